The zero-order valence-electron chi connectivity index (χ0n) is 12.7. The van der Waals surface area contributed by atoms with Crippen molar-refractivity contribution >= 4 is 16.5 Å². The highest BCUT2D eigenvalue weighted by molar-refractivity contribution is 7.15. The van der Waals surface area contributed by atoms with Gasteiger partial charge in [-0.1, -0.05) is 13.3 Å². The predicted molar refractivity (Wildman–Crippen MR) is 84.0 cm³/mol. The molecule has 4 heteroatoms. The lowest BCUT2D eigenvalue weighted by Gasteiger charge is -2.21. The monoisotopic (exact) mass is 281 g/mol. The van der Waals surface area contributed by atoms with Gasteiger partial charge in [-0.05, 0) is 40.0 Å². The Kier molecular flexibility index (Phi) is 4.85. The van der Waals surface area contributed by atoms with E-state index in [-0.39, 0.29) is 5.54 Å². The number of nitrogens with one attached hydrogen (secondary N) is 1. The summed E-state index contributed by atoms with van der Waals surface area (Å²) in [5.74, 6) is 0. The highest BCUT2D eigenvalue weighted by Crippen LogP contribution is 2.34. The van der Waals surface area contributed by atoms with Crippen LogP contribution in [0.3, 0.4) is 0 Å². The highest BCUT2D eigenvalue weighted by Gasteiger charge is 2.30. The summed E-state index contributed by atoms with van der Waals surface area (Å²) >= 11 is 1.85. The van der Waals surface area contributed by atoms with Crippen LogP contribution < -0.4 is 10.2 Å². The number of anilines is 1. The summed E-state index contributed by atoms with van der Waals surface area (Å²) in [6, 6.07) is 0.765. The number of rotatable bonds is 7. The van der Waals surface area contributed by atoms with E-state index in [1.165, 1.54) is 42.2 Å². The molecule has 2 rings (SSSR count). The van der Waals surface area contributed by atoms with Crippen molar-refractivity contribution in [1.29, 1.82) is 0 Å². The summed E-state index contributed by atoms with van der Waals surface area (Å²) in [4.78, 5) is 8.50. The fourth-order valence-corrected chi connectivity index (χ4v) is 2.96. The predicted octanol–water partition coefficient (Wildman–Crippen LogP) is 3.80. The molecule has 0 unspecified atom stereocenters. The molecule has 108 valence electrons. The Balaban J connectivity index is 1.94. The van der Waals surface area contributed by atoms with E-state index in [4.69, 9.17) is 0 Å². The van der Waals surface area contributed by atoms with Crippen LogP contribution in [0.4, 0.5) is 5.13 Å². The molecule has 1 aliphatic rings. The number of hydrogen-bond acceptors (Lipinski definition) is 4. The van der Waals surface area contributed by atoms with E-state index in [0.29, 0.717) is 0 Å². The van der Waals surface area contributed by atoms with Crippen molar-refractivity contribution in [3.8, 4) is 0 Å². The molecule has 0 aliphatic heterocycles. The van der Waals surface area contributed by atoms with Crippen LogP contribution in [-0.2, 0) is 6.54 Å². The maximum absolute atomic E-state index is 4.64. The summed E-state index contributed by atoms with van der Waals surface area (Å²) < 4.78 is 0. The third kappa shape index (κ3) is 4.77. The SMILES string of the molecule is CCCCN(c1ncc(CNC(C)(C)C)s1)C1CC1. The van der Waals surface area contributed by atoms with E-state index < -0.39 is 0 Å². The first-order chi connectivity index (χ1) is 8.99. The minimum absolute atomic E-state index is 0.169. The number of aromatic nitrogens is 1. The molecule has 3 nitrogen and oxygen atoms in total. The number of unbranched alkanes of at least 4 members (excludes halogenated alkanes) is 1. The van der Waals surface area contributed by atoms with Gasteiger partial charge in [0.1, 0.15) is 0 Å². The first kappa shape index (κ1) is 14.8. The lowest BCUT2D eigenvalue weighted by molar-refractivity contribution is 0.426. The Morgan fingerprint density at radius 3 is 2.74 bits per heavy atom. The molecule has 1 fully saturated rings. The second-order valence-corrected chi connectivity index (χ2v) is 7.58. The molecule has 1 heterocycles. The standard InChI is InChI=1S/C15H27N3S/c1-5-6-9-18(12-7-8-12)14-16-10-13(19-14)11-17-15(2,3)4/h10,12,17H,5-9,11H2,1-4H3. The average Bonchev–Trinajstić information content (AvgIpc) is 3.05. The van der Waals surface area contributed by atoms with Crippen molar-refractivity contribution in [1.82, 2.24) is 10.3 Å². The molecule has 0 atom stereocenters. The van der Waals surface area contributed by atoms with Gasteiger partial charge in [0.2, 0.25) is 0 Å². The fourth-order valence-electron chi connectivity index (χ4n) is 2.01. The van der Waals surface area contributed by atoms with Crippen molar-refractivity contribution in [3.63, 3.8) is 0 Å². The van der Waals surface area contributed by atoms with Crippen LogP contribution in [0.15, 0.2) is 6.20 Å². The first-order valence-electron chi connectivity index (χ1n) is 7.46. The Labute approximate surface area is 121 Å². The highest BCUT2D eigenvalue weighted by atomic mass is 32.1. The molecule has 0 aromatic carbocycles. The minimum atomic E-state index is 0.169. The summed E-state index contributed by atoms with van der Waals surface area (Å²) in [5, 5.41) is 4.75. The van der Waals surface area contributed by atoms with Gasteiger partial charge in [0.25, 0.3) is 0 Å². The van der Waals surface area contributed by atoms with Gasteiger partial charge in [-0.3, -0.25) is 0 Å². The Morgan fingerprint density at radius 1 is 1.42 bits per heavy atom. The van der Waals surface area contributed by atoms with Gasteiger partial charge in [-0.15, -0.1) is 11.3 Å². The van der Waals surface area contributed by atoms with Crippen molar-refractivity contribution in [3.05, 3.63) is 11.1 Å². The third-order valence-corrected chi connectivity index (χ3v) is 4.35. The van der Waals surface area contributed by atoms with E-state index >= 15 is 0 Å². The fraction of sp³-hybridized carbons (Fsp3) is 0.800. The maximum Gasteiger partial charge on any atom is 0.185 e. The minimum Gasteiger partial charge on any atom is -0.345 e. The van der Waals surface area contributed by atoms with Crippen molar-refractivity contribution in [2.45, 2.75) is 71.5 Å². The van der Waals surface area contributed by atoms with Crippen LogP contribution in [-0.4, -0.2) is 23.1 Å². The molecule has 0 spiro atoms. The third-order valence-electron chi connectivity index (χ3n) is 3.32. The summed E-state index contributed by atoms with van der Waals surface area (Å²) in [5.41, 5.74) is 0.169. The van der Waals surface area contributed by atoms with E-state index in [2.05, 4.69) is 42.9 Å². The van der Waals surface area contributed by atoms with Crippen LogP contribution in [0, 0.1) is 0 Å². The topological polar surface area (TPSA) is 28.2 Å². The molecular formula is C15H27N3S. The molecule has 1 N–H and O–H groups in total. The van der Waals surface area contributed by atoms with E-state index in [1.807, 2.05) is 17.5 Å². The smallest absolute Gasteiger partial charge is 0.185 e. The first-order valence-corrected chi connectivity index (χ1v) is 8.27. The lowest BCUT2D eigenvalue weighted by Crippen LogP contribution is -2.34. The molecule has 0 amide bonds. The van der Waals surface area contributed by atoms with Crippen molar-refractivity contribution in [2.75, 3.05) is 11.4 Å². The van der Waals surface area contributed by atoms with Gasteiger partial charge in [0.05, 0.1) is 0 Å². The molecular weight excluding hydrogens is 254 g/mol. The normalized spacial score (nSPS) is 15.8. The number of hydrogen-bond donors (Lipinski definition) is 1. The van der Waals surface area contributed by atoms with Crippen LogP contribution in [0.5, 0.6) is 0 Å². The molecule has 0 radical (unpaired) electrons. The van der Waals surface area contributed by atoms with Crippen LogP contribution in [0.2, 0.25) is 0 Å². The second kappa shape index (κ2) is 6.23. The van der Waals surface area contributed by atoms with Gasteiger partial charge in [0.15, 0.2) is 5.13 Å². The quantitative estimate of drug-likeness (QED) is 0.824. The molecule has 0 saturated heterocycles. The Hall–Kier alpha value is -0.610. The van der Waals surface area contributed by atoms with Crippen molar-refractivity contribution in [2.24, 2.45) is 0 Å². The number of thiazole rings is 1. The van der Waals surface area contributed by atoms with Gasteiger partial charge < -0.3 is 10.2 Å². The summed E-state index contributed by atoms with van der Waals surface area (Å²) in [6.45, 7) is 11.0. The van der Waals surface area contributed by atoms with Gasteiger partial charge in [-0.25, -0.2) is 4.98 Å². The lowest BCUT2D eigenvalue weighted by atomic mass is 10.1. The van der Waals surface area contributed by atoms with Gasteiger partial charge in [-0.2, -0.15) is 0 Å². The molecule has 19 heavy (non-hydrogen) atoms. The molecule has 1 aromatic heterocycles. The zero-order valence-corrected chi connectivity index (χ0v) is 13.5. The largest absolute Gasteiger partial charge is 0.345 e. The summed E-state index contributed by atoms with van der Waals surface area (Å²) in [7, 11) is 0. The van der Waals surface area contributed by atoms with Crippen LogP contribution in [0.1, 0.15) is 58.3 Å². The molecule has 0 bridgehead atoms. The summed E-state index contributed by atoms with van der Waals surface area (Å²) in [6.07, 6.45) is 7.26. The van der Waals surface area contributed by atoms with E-state index in [1.54, 1.807) is 0 Å². The van der Waals surface area contributed by atoms with Crippen LogP contribution in [0.25, 0.3) is 0 Å². The Bertz CT molecular complexity index is 390. The van der Waals surface area contributed by atoms with Crippen LogP contribution >= 0.6 is 11.3 Å². The van der Waals surface area contributed by atoms with Gasteiger partial charge >= 0.3 is 0 Å². The maximum atomic E-state index is 4.64. The molecule has 1 aromatic rings. The number of nitrogens with zero attached hydrogens (tertiary/aromatic N) is 2. The molecule has 1 aliphatic carbocycles. The zero-order chi connectivity index (χ0) is 13.9. The van der Waals surface area contributed by atoms with E-state index in [0.717, 1.165) is 12.6 Å². The average molecular weight is 281 g/mol. The van der Waals surface area contributed by atoms with E-state index in [9.17, 15) is 0 Å². The Morgan fingerprint density at radius 2 is 2.16 bits per heavy atom. The van der Waals surface area contributed by atoms with Gasteiger partial charge in [0, 0.05) is 35.7 Å². The molecule has 1 saturated carbocycles. The second-order valence-electron chi connectivity index (χ2n) is 6.49. The van der Waals surface area contributed by atoms with Crippen molar-refractivity contribution < 1.29 is 0 Å².